The van der Waals surface area contributed by atoms with Gasteiger partial charge in [-0.05, 0) is 44.7 Å². The average Bonchev–Trinajstić information content (AvgIpc) is 2.74. The quantitative estimate of drug-likeness (QED) is 0.430. The van der Waals surface area contributed by atoms with E-state index in [0.29, 0.717) is 16.4 Å². The lowest BCUT2D eigenvalue weighted by Gasteiger charge is -2.10. The number of amides is 1. The molecule has 30 heavy (non-hydrogen) atoms. The summed E-state index contributed by atoms with van der Waals surface area (Å²) in [7, 11) is -2.26. The van der Waals surface area contributed by atoms with Gasteiger partial charge in [-0.3, -0.25) is 4.79 Å². The number of carbonyl (C=O) groups is 1. The molecule has 0 spiro atoms. The molecule has 0 aliphatic rings. The molecular formula is C21H22N4O3S2. The highest BCUT2D eigenvalue weighted by Gasteiger charge is 2.16. The van der Waals surface area contributed by atoms with Gasteiger partial charge in [0.2, 0.25) is 15.9 Å². The van der Waals surface area contributed by atoms with Gasteiger partial charge >= 0.3 is 0 Å². The van der Waals surface area contributed by atoms with Gasteiger partial charge in [-0.1, -0.05) is 48.2 Å². The van der Waals surface area contributed by atoms with E-state index in [2.05, 4.69) is 20.0 Å². The fraction of sp³-hybridized carbons (Fsp3) is 0.190. The molecule has 0 unspecified atom stereocenters. The largest absolute Gasteiger partial charge is 0.325 e. The number of hydrogen-bond acceptors (Lipinski definition) is 6. The van der Waals surface area contributed by atoms with Crippen LogP contribution in [0.15, 0.2) is 64.6 Å². The number of thioether (sulfide) groups is 1. The highest BCUT2D eigenvalue weighted by molar-refractivity contribution is 7.99. The molecule has 0 aliphatic heterocycles. The van der Waals surface area contributed by atoms with Crippen LogP contribution in [-0.2, 0) is 14.8 Å². The number of carbonyl (C=O) groups excluding carboxylic acids is 1. The van der Waals surface area contributed by atoms with E-state index in [1.165, 1.54) is 24.9 Å². The molecule has 0 aliphatic carbocycles. The van der Waals surface area contributed by atoms with E-state index in [0.717, 1.165) is 17.0 Å². The molecule has 0 fully saturated rings. The van der Waals surface area contributed by atoms with Crippen molar-refractivity contribution in [3.63, 3.8) is 0 Å². The van der Waals surface area contributed by atoms with Crippen LogP contribution in [0.25, 0.3) is 11.3 Å². The van der Waals surface area contributed by atoms with Crippen molar-refractivity contribution in [2.24, 2.45) is 0 Å². The van der Waals surface area contributed by atoms with Gasteiger partial charge in [0.15, 0.2) is 5.16 Å². The average molecular weight is 443 g/mol. The van der Waals surface area contributed by atoms with Gasteiger partial charge in [0.05, 0.1) is 16.3 Å². The van der Waals surface area contributed by atoms with Gasteiger partial charge in [-0.2, -0.15) is 0 Å². The number of nitrogens with one attached hydrogen (secondary N) is 2. The summed E-state index contributed by atoms with van der Waals surface area (Å²) >= 11 is 1.22. The molecule has 0 radical (unpaired) electrons. The third-order valence-corrected chi connectivity index (χ3v) is 6.67. The summed E-state index contributed by atoms with van der Waals surface area (Å²) in [5, 5.41) is 3.24. The molecule has 0 atom stereocenters. The molecule has 3 rings (SSSR count). The van der Waals surface area contributed by atoms with Crippen molar-refractivity contribution >= 4 is 33.4 Å². The highest BCUT2D eigenvalue weighted by atomic mass is 32.2. The Hall–Kier alpha value is -2.75. The second-order valence-electron chi connectivity index (χ2n) is 6.57. The maximum absolute atomic E-state index is 12.4. The van der Waals surface area contributed by atoms with Crippen molar-refractivity contribution in [3.8, 4) is 11.3 Å². The summed E-state index contributed by atoms with van der Waals surface area (Å²) in [6.45, 7) is 3.58. The van der Waals surface area contributed by atoms with Crippen molar-refractivity contribution in [1.82, 2.24) is 14.7 Å². The molecule has 156 valence electrons. The lowest BCUT2D eigenvalue weighted by molar-refractivity contribution is -0.113. The number of benzene rings is 2. The van der Waals surface area contributed by atoms with E-state index in [9.17, 15) is 13.2 Å². The molecule has 2 N–H and O–H groups in total. The molecule has 7 nitrogen and oxygen atoms in total. The lowest BCUT2D eigenvalue weighted by Crippen LogP contribution is -2.20. The second kappa shape index (κ2) is 9.38. The van der Waals surface area contributed by atoms with Gasteiger partial charge in [0.25, 0.3) is 0 Å². The van der Waals surface area contributed by atoms with Crippen LogP contribution in [0, 0.1) is 13.8 Å². The number of aromatic nitrogens is 2. The van der Waals surface area contributed by atoms with Crippen molar-refractivity contribution in [3.05, 3.63) is 65.9 Å². The third-order valence-electron chi connectivity index (χ3n) is 4.27. The zero-order chi connectivity index (χ0) is 21.7. The first-order chi connectivity index (χ1) is 14.3. The smallest absolute Gasteiger partial charge is 0.240 e. The zero-order valence-electron chi connectivity index (χ0n) is 16.8. The Bertz CT molecular complexity index is 1170. The van der Waals surface area contributed by atoms with Gasteiger partial charge in [-0.25, -0.2) is 23.1 Å². The van der Waals surface area contributed by atoms with Crippen LogP contribution in [0.1, 0.15) is 11.3 Å². The fourth-order valence-electron chi connectivity index (χ4n) is 2.77. The van der Waals surface area contributed by atoms with E-state index in [-0.39, 0.29) is 16.6 Å². The van der Waals surface area contributed by atoms with E-state index in [1.807, 2.05) is 43.3 Å². The predicted octanol–water partition coefficient (Wildman–Crippen LogP) is 3.40. The summed E-state index contributed by atoms with van der Waals surface area (Å²) in [5.74, 6) is -0.178. The predicted molar refractivity (Wildman–Crippen MR) is 119 cm³/mol. The first-order valence-corrected chi connectivity index (χ1v) is 11.6. The normalized spacial score (nSPS) is 11.3. The molecule has 9 heteroatoms. The highest BCUT2D eigenvalue weighted by Crippen LogP contribution is 2.23. The summed E-state index contributed by atoms with van der Waals surface area (Å²) < 4.78 is 26.5. The molecular weight excluding hydrogens is 420 g/mol. The summed E-state index contributed by atoms with van der Waals surface area (Å²) in [6, 6.07) is 16.4. The van der Waals surface area contributed by atoms with E-state index < -0.39 is 10.0 Å². The summed E-state index contributed by atoms with van der Waals surface area (Å²) in [5.41, 5.74) is 3.60. The van der Waals surface area contributed by atoms with Crippen molar-refractivity contribution in [1.29, 1.82) is 0 Å². The number of sulfonamides is 1. The third kappa shape index (κ3) is 5.44. The van der Waals surface area contributed by atoms with Gasteiger partial charge in [-0.15, -0.1) is 0 Å². The van der Waals surface area contributed by atoms with Crippen LogP contribution in [-0.4, -0.2) is 37.1 Å². The van der Waals surface area contributed by atoms with Crippen LogP contribution < -0.4 is 10.0 Å². The molecule has 3 aromatic rings. The monoisotopic (exact) mass is 442 g/mol. The van der Waals surface area contributed by atoms with Crippen molar-refractivity contribution in [2.45, 2.75) is 23.9 Å². The Kier molecular flexibility index (Phi) is 6.86. The Morgan fingerprint density at radius 1 is 1.03 bits per heavy atom. The first kappa shape index (κ1) is 21.9. The number of anilines is 1. The number of nitrogens with zero attached hydrogens (tertiary/aromatic N) is 2. The Balaban J connectivity index is 1.70. The molecule has 1 heterocycles. The van der Waals surface area contributed by atoms with Crippen molar-refractivity contribution in [2.75, 3.05) is 18.1 Å². The van der Waals surface area contributed by atoms with Crippen molar-refractivity contribution < 1.29 is 13.2 Å². The van der Waals surface area contributed by atoms with Crippen LogP contribution in [0.4, 0.5) is 5.69 Å². The second-order valence-corrected chi connectivity index (χ2v) is 9.37. The molecule has 0 saturated carbocycles. The molecule has 0 bridgehead atoms. The minimum absolute atomic E-state index is 0.0969. The number of rotatable bonds is 7. The maximum Gasteiger partial charge on any atom is 0.240 e. The molecule has 1 aromatic heterocycles. The summed E-state index contributed by atoms with van der Waals surface area (Å²) in [4.78, 5) is 21.4. The summed E-state index contributed by atoms with van der Waals surface area (Å²) in [6.07, 6.45) is 0. The maximum atomic E-state index is 12.4. The van der Waals surface area contributed by atoms with E-state index >= 15 is 0 Å². The van der Waals surface area contributed by atoms with Crippen LogP contribution >= 0.6 is 11.8 Å². The molecule has 0 saturated heterocycles. The Morgan fingerprint density at radius 2 is 1.77 bits per heavy atom. The lowest BCUT2D eigenvalue weighted by atomic mass is 10.1. The SMILES string of the molecule is CNS(=O)(=O)c1cc(NC(=O)CSc2nc(C)cc(-c3ccccc3)n2)ccc1C. The van der Waals surface area contributed by atoms with Crippen LogP contribution in [0.3, 0.4) is 0 Å². The van der Waals surface area contributed by atoms with Gasteiger partial charge in [0.1, 0.15) is 0 Å². The number of aryl methyl sites for hydroxylation is 2. The Labute approximate surface area is 180 Å². The first-order valence-electron chi connectivity index (χ1n) is 9.16. The zero-order valence-corrected chi connectivity index (χ0v) is 18.5. The standard InChI is InChI=1S/C21H22N4O3S2/c1-14-9-10-17(12-19(14)30(27,28)22-3)24-20(26)13-29-21-23-15(2)11-18(25-21)16-7-5-4-6-8-16/h4-12,22H,13H2,1-3H3,(H,24,26). The number of hydrogen-bond donors (Lipinski definition) is 2. The molecule has 2 aromatic carbocycles. The Morgan fingerprint density at radius 3 is 2.47 bits per heavy atom. The van der Waals surface area contributed by atoms with E-state index in [1.54, 1.807) is 19.1 Å². The van der Waals surface area contributed by atoms with Gasteiger partial charge in [0, 0.05) is 16.9 Å². The van der Waals surface area contributed by atoms with Gasteiger partial charge < -0.3 is 5.32 Å². The minimum atomic E-state index is -3.60. The minimum Gasteiger partial charge on any atom is -0.325 e. The fourth-order valence-corrected chi connectivity index (χ4v) is 4.46. The van der Waals surface area contributed by atoms with Crippen LogP contribution in [0.5, 0.6) is 0 Å². The van der Waals surface area contributed by atoms with E-state index in [4.69, 9.17) is 0 Å². The van der Waals surface area contributed by atoms with Crippen LogP contribution in [0.2, 0.25) is 0 Å². The molecule has 1 amide bonds. The topological polar surface area (TPSA) is 101 Å².